The quantitative estimate of drug-likeness (QED) is 0.849. The molecule has 112 valence electrons. The summed E-state index contributed by atoms with van der Waals surface area (Å²) in [7, 11) is 0. The van der Waals surface area contributed by atoms with Crippen molar-refractivity contribution in [1.29, 1.82) is 0 Å². The van der Waals surface area contributed by atoms with E-state index in [0.29, 0.717) is 12.1 Å². The van der Waals surface area contributed by atoms with Crippen molar-refractivity contribution in [2.24, 2.45) is 0 Å². The number of halogens is 1. The molecule has 3 heterocycles. The summed E-state index contributed by atoms with van der Waals surface area (Å²) in [6.07, 6.45) is 8.57. The van der Waals surface area contributed by atoms with Gasteiger partial charge < -0.3 is 0 Å². The molecule has 0 radical (unpaired) electrons. The Morgan fingerprint density at radius 2 is 2.00 bits per heavy atom. The Bertz CT molecular complexity index is 696. The average Bonchev–Trinajstić information content (AvgIpc) is 2.78. The summed E-state index contributed by atoms with van der Waals surface area (Å²) in [6.45, 7) is 0.985. The maximum Gasteiger partial charge on any atom is 0.148 e. The number of hydrogen-bond acceptors (Lipinski definition) is 2. The van der Waals surface area contributed by atoms with Gasteiger partial charge in [-0.2, -0.15) is 0 Å². The molecule has 4 rings (SSSR count). The van der Waals surface area contributed by atoms with Gasteiger partial charge in [-0.1, -0.05) is 36.4 Å². The van der Waals surface area contributed by atoms with E-state index < -0.39 is 0 Å². The molecular weight excluding hydrogens is 275 g/mol. The van der Waals surface area contributed by atoms with Crippen LogP contribution in [0.3, 0.4) is 0 Å². The van der Waals surface area contributed by atoms with Crippen LogP contribution in [0.5, 0.6) is 0 Å². The van der Waals surface area contributed by atoms with Gasteiger partial charge in [-0.25, -0.2) is 4.39 Å². The van der Waals surface area contributed by atoms with E-state index in [1.54, 1.807) is 12.3 Å². The van der Waals surface area contributed by atoms with Gasteiger partial charge in [-0.15, -0.1) is 0 Å². The fourth-order valence-corrected chi connectivity index (χ4v) is 3.79. The van der Waals surface area contributed by atoms with Crippen LogP contribution in [0.25, 0.3) is 5.57 Å². The van der Waals surface area contributed by atoms with E-state index in [1.807, 2.05) is 0 Å². The Balaban J connectivity index is 1.59. The normalized spacial score (nSPS) is 24.3. The molecule has 1 saturated heterocycles. The molecule has 22 heavy (non-hydrogen) atoms. The van der Waals surface area contributed by atoms with Gasteiger partial charge in [0.25, 0.3) is 0 Å². The summed E-state index contributed by atoms with van der Waals surface area (Å²) in [6, 6.07) is 13.4. The maximum atomic E-state index is 14.0. The molecule has 2 aromatic rings. The highest BCUT2D eigenvalue weighted by Gasteiger charge is 2.36. The van der Waals surface area contributed by atoms with Crippen LogP contribution in [0, 0.1) is 5.82 Å². The third-order valence-electron chi connectivity index (χ3n) is 4.87. The molecule has 2 unspecified atom stereocenters. The average molecular weight is 294 g/mol. The standard InChI is InChI=1S/C19H19FN2/c20-19-12-21-9-8-18(19)15-10-16-6-7-17(11-15)22(16)13-14-4-2-1-3-5-14/h1-5,8-10,12,16-17H,6-7,11,13H2. The lowest BCUT2D eigenvalue weighted by molar-refractivity contribution is 0.203. The highest BCUT2D eigenvalue weighted by molar-refractivity contribution is 5.68. The summed E-state index contributed by atoms with van der Waals surface area (Å²) in [5.74, 6) is -0.204. The van der Waals surface area contributed by atoms with Gasteiger partial charge in [0.15, 0.2) is 0 Å². The molecule has 0 spiro atoms. The summed E-state index contributed by atoms with van der Waals surface area (Å²) in [5, 5.41) is 0. The van der Waals surface area contributed by atoms with Crippen LogP contribution in [0.2, 0.25) is 0 Å². The lowest BCUT2D eigenvalue weighted by Crippen LogP contribution is -2.37. The van der Waals surface area contributed by atoms with Gasteiger partial charge in [0.05, 0.1) is 6.20 Å². The first-order chi connectivity index (χ1) is 10.8. The Labute approximate surface area is 130 Å². The number of aromatic nitrogens is 1. The summed E-state index contributed by atoms with van der Waals surface area (Å²) in [5.41, 5.74) is 3.23. The Morgan fingerprint density at radius 1 is 1.14 bits per heavy atom. The topological polar surface area (TPSA) is 16.1 Å². The van der Waals surface area contributed by atoms with Crippen molar-refractivity contribution < 1.29 is 4.39 Å². The molecule has 0 N–H and O–H groups in total. The van der Waals surface area contributed by atoms with Gasteiger partial charge in [0, 0.05) is 30.4 Å². The summed E-state index contributed by atoms with van der Waals surface area (Å²) in [4.78, 5) is 6.42. The number of fused-ring (bicyclic) bond motifs is 2. The monoisotopic (exact) mass is 294 g/mol. The fourth-order valence-electron chi connectivity index (χ4n) is 3.79. The predicted molar refractivity (Wildman–Crippen MR) is 85.6 cm³/mol. The van der Waals surface area contributed by atoms with E-state index >= 15 is 0 Å². The van der Waals surface area contributed by atoms with Crippen molar-refractivity contribution in [3.8, 4) is 0 Å². The van der Waals surface area contributed by atoms with Crippen LogP contribution in [-0.2, 0) is 6.54 Å². The molecule has 1 fully saturated rings. The molecule has 1 aromatic carbocycles. The molecule has 1 aromatic heterocycles. The van der Waals surface area contributed by atoms with Crippen LogP contribution in [-0.4, -0.2) is 22.0 Å². The van der Waals surface area contributed by atoms with Crippen molar-refractivity contribution in [3.63, 3.8) is 0 Å². The third-order valence-corrected chi connectivity index (χ3v) is 4.87. The van der Waals surface area contributed by atoms with E-state index in [2.05, 4.69) is 46.3 Å². The van der Waals surface area contributed by atoms with Gasteiger partial charge in [-0.3, -0.25) is 9.88 Å². The minimum absolute atomic E-state index is 0.204. The molecule has 2 aliphatic heterocycles. The lowest BCUT2D eigenvalue weighted by Gasteiger charge is -2.34. The van der Waals surface area contributed by atoms with E-state index in [1.165, 1.54) is 24.6 Å². The van der Waals surface area contributed by atoms with Crippen molar-refractivity contribution in [3.05, 3.63) is 71.8 Å². The van der Waals surface area contributed by atoms with Crippen LogP contribution < -0.4 is 0 Å². The van der Waals surface area contributed by atoms with Gasteiger partial charge in [0.1, 0.15) is 5.82 Å². The van der Waals surface area contributed by atoms with Crippen molar-refractivity contribution >= 4 is 5.57 Å². The number of hydrogen-bond donors (Lipinski definition) is 0. The van der Waals surface area contributed by atoms with Gasteiger partial charge in [-0.05, 0) is 36.5 Å². The number of pyridine rings is 1. The fraction of sp³-hybridized carbons (Fsp3) is 0.316. The molecule has 2 aliphatic rings. The molecule has 3 heteroatoms. The van der Waals surface area contributed by atoms with Crippen LogP contribution >= 0.6 is 0 Å². The molecule has 2 atom stereocenters. The van der Waals surface area contributed by atoms with E-state index in [-0.39, 0.29) is 5.82 Å². The number of nitrogens with zero attached hydrogens (tertiary/aromatic N) is 2. The first-order valence-electron chi connectivity index (χ1n) is 7.91. The third kappa shape index (κ3) is 2.46. The Morgan fingerprint density at radius 3 is 2.77 bits per heavy atom. The molecular formula is C19H19FN2. The summed E-state index contributed by atoms with van der Waals surface area (Å²) < 4.78 is 14.0. The lowest BCUT2D eigenvalue weighted by atomic mass is 9.94. The zero-order valence-electron chi connectivity index (χ0n) is 12.5. The first-order valence-corrected chi connectivity index (χ1v) is 7.91. The number of rotatable bonds is 3. The van der Waals surface area contributed by atoms with Crippen molar-refractivity contribution in [2.75, 3.05) is 0 Å². The van der Waals surface area contributed by atoms with Gasteiger partial charge in [0.2, 0.25) is 0 Å². The van der Waals surface area contributed by atoms with E-state index in [9.17, 15) is 4.39 Å². The van der Waals surface area contributed by atoms with Crippen molar-refractivity contribution in [1.82, 2.24) is 9.88 Å². The second-order valence-corrected chi connectivity index (χ2v) is 6.21. The zero-order chi connectivity index (χ0) is 14.9. The van der Waals surface area contributed by atoms with E-state index in [4.69, 9.17) is 0 Å². The van der Waals surface area contributed by atoms with E-state index in [0.717, 1.165) is 24.1 Å². The predicted octanol–water partition coefficient (Wildman–Crippen LogP) is 4.04. The molecule has 0 amide bonds. The Hall–Kier alpha value is -2.00. The number of benzene rings is 1. The maximum absolute atomic E-state index is 14.0. The van der Waals surface area contributed by atoms with Gasteiger partial charge >= 0.3 is 0 Å². The first kappa shape index (κ1) is 13.6. The molecule has 0 saturated carbocycles. The second kappa shape index (κ2) is 5.65. The van der Waals surface area contributed by atoms with Crippen LogP contribution in [0.1, 0.15) is 30.4 Å². The molecule has 2 nitrogen and oxygen atoms in total. The molecule has 2 bridgehead atoms. The largest absolute Gasteiger partial charge is 0.289 e. The van der Waals surface area contributed by atoms with Crippen LogP contribution in [0.4, 0.5) is 4.39 Å². The zero-order valence-corrected chi connectivity index (χ0v) is 12.5. The van der Waals surface area contributed by atoms with Crippen LogP contribution in [0.15, 0.2) is 54.9 Å². The molecule has 0 aliphatic carbocycles. The second-order valence-electron chi connectivity index (χ2n) is 6.21. The highest BCUT2D eigenvalue weighted by Crippen LogP contribution is 2.39. The minimum Gasteiger partial charge on any atom is -0.289 e. The Kier molecular flexibility index (Phi) is 3.51. The summed E-state index contributed by atoms with van der Waals surface area (Å²) >= 11 is 0. The van der Waals surface area contributed by atoms with Crippen molar-refractivity contribution in [2.45, 2.75) is 37.9 Å². The smallest absolute Gasteiger partial charge is 0.148 e. The SMILES string of the molecule is Fc1cnccc1C1=CC2CCC(C1)N2Cc1ccccc1. The highest BCUT2D eigenvalue weighted by atomic mass is 19.1. The minimum atomic E-state index is -0.204.